The van der Waals surface area contributed by atoms with Gasteiger partial charge in [-0.25, -0.2) is 8.42 Å². The molecule has 1 aliphatic rings. The summed E-state index contributed by atoms with van der Waals surface area (Å²) in [5, 5.41) is 0.610. The van der Waals surface area contributed by atoms with Crippen LogP contribution in [-0.2, 0) is 19.6 Å². The second-order valence-electron chi connectivity index (χ2n) is 7.83. The first-order valence-electron chi connectivity index (χ1n) is 10.5. The van der Waals surface area contributed by atoms with Crippen molar-refractivity contribution in [2.75, 3.05) is 33.2 Å². The molecule has 1 fully saturated rings. The zero-order valence-electron chi connectivity index (χ0n) is 18.3. The number of hydrogen-bond acceptors (Lipinski definition) is 4. The van der Waals surface area contributed by atoms with Crippen LogP contribution in [0.15, 0.2) is 59.5 Å². The molecule has 7 nitrogen and oxygen atoms in total. The first-order valence-corrected chi connectivity index (χ1v) is 12.4. The highest BCUT2D eigenvalue weighted by Crippen LogP contribution is 2.23. The Balaban J connectivity index is 1.49. The molecule has 1 heterocycles. The van der Waals surface area contributed by atoms with Gasteiger partial charge in [0.05, 0.1) is 10.9 Å². The van der Waals surface area contributed by atoms with E-state index in [1.54, 1.807) is 53.2 Å². The summed E-state index contributed by atoms with van der Waals surface area (Å²) < 4.78 is 26.8. The van der Waals surface area contributed by atoms with Crippen LogP contribution in [-0.4, -0.2) is 67.6 Å². The number of carbonyl (C=O) groups is 2. The van der Waals surface area contributed by atoms with Gasteiger partial charge in [0.2, 0.25) is 21.8 Å². The third-order valence-electron chi connectivity index (χ3n) is 5.83. The summed E-state index contributed by atoms with van der Waals surface area (Å²) in [6, 6.07) is 15.5. The molecule has 3 rings (SSSR count). The van der Waals surface area contributed by atoms with Crippen LogP contribution in [0.1, 0.15) is 31.4 Å². The summed E-state index contributed by atoms with van der Waals surface area (Å²) in [4.78, 5) is 28.7. The Hall–Kier alpha value is -2.42. The largest absolute Gasteiger partial charge is 0.340 e. The third kappa shape index (κ3) is 5.68. The third-order valence-corrected chi connectivity index (χ3v) is 7.98. The van der Waals surface area contributed by atoms with E-state index in [0.717, 1.165) is 5.56 Å². The average molecular weight is 478 g/mol. The van der Waals surface area contributed by atoms with Crippen molar-refractivity contribution in [3.63, 3.8) is 0 Å². The van der Waals surface area contributed by atoms with E-state index in [2.05, 4.69) is 0 Å². The number of rotatable bonds is 7. The maximum Gasteiger partial charge on any atom is 0.243 e. The number of halogens is 1. The number of amides is 2. The van der Waals surface area contributed by atoms with Gasteiger partial charge in [-0.3, -0.25) is 9.59 Å². The number of benzene rings is 2. The van der Waals surface area contributed by atoms with Crippen LogP contribution < -0.4 is 0 Å². The van der Waals surface area contributed by atoms with Gasteiger partial charge in [-0.05, 0) is 36.8 Å². The lowest BCUT2D eigenvalue weighted by molar-refractivity contribution is -0.138. The average Bonchev–Trinajstić information content (AvgIpc) is 2.82. The van der Waals surface area contributed by atoms with Gasteiger partial charge in [0.15, 0.2) is 0 Å². The van der Waals surface area contributed by atoms with E-state index in [0.29, 0.717) is 18.1 Å². The van der Waals surface area contributed by atoms with Gasteiger partial charge >= 0.3 is 0 Å². The van der Waals surface area contributed by atoms with Crippen LogP contribution in [0.25, 0.3) is 0 Å². The molecule has 0 spiro atoms. The first kappa shape index (κ1) is 24.2. The van der Waals surface area contributed by atoms with E-state index in [1.807, 2.05) is 25.1 Å². The van der Waals surface area contributed by atoms with Crippen LogP contribution in [0.5, 0.6) is 0 Å². The quantitative estimate of drug-likeness (QED) is 0.613. The van der Waals surface area contributed by atoms with E-state index in [4.69, 9.17) is 11.6 Å². The van der Waals surface area contributed by atoms with Crippen LogP contribution in [0.2, 0.25) is 5.02 Å². The topological polar surface area (TPSA) is 78.0 Å². The minimum absolute atomic E-state index is 0.0941. The van der Waals surface area contributed by atoms with Crippen molar-refractivity contribution in [1.82, 2.24) is 14.1 Å². The monoisotopic (exact) mass is 477 g/mol. The summed E-state index contributed by atoms with van der Waals surface area (Å²) in [7, 11) is -1.85. The van der Waals surface area contributed by atoms with E-state index < -0.39 is 10.0 Å². The van der Waals surface area contributed by atoms with Gasteiger partial charge in [0, 0.05) is 51.1 Å². The molecule has 2 aromatic rings. The van der Waals surface area contributed by atoms with Crippen molar-refractivity contribution in [3.8, 4) is 0 Å². The van der Waals surface area contributed by atoms with Crippen LogP contribution >= 0.6 is 11.6 Å². The lowest BCUT2D eigenvalue weighted by atomic mass is 10.1. The zero-order valence-corrected chi connectivity index (χ0v) is 19.8. The molecule has 1 saturated heterocycles. The van der Waals surface area contributed by atoms with E-state index in [9.17, 15) is 18.0 Å². The maximum absolute atomic E-state index is 12.7. The lowest BCUT2D eigenvalue weighted by Crippen LogP contribution is -2.50. The summed E-state index contributed by atoms with van der Waals surface area (Å²) in [5.41, 5.74) is 0.926. The molecular formula is C23H28ClN3O4S. The van der Waals surface area contributed by atoms with Crippen molar-refractivity contribution >= 4 is 33.4 Å². The van der Waals surface area contributed by atoms with Gasteiger partial charge in [0.1, 0.15) is 0 Å². The molecule has 0 N–H and O–H groups in total. The Morgan fingerprint density at radius 3 is 2.28 bits per heavy atom. The van der Waals surface area contributed by atoms with Crippen molar-refractivity contribution in [1.29, 1.82) is 0 Å². The maximum atomic E-state index is 12.7. The van der Waals surface area contributed by atoms with Gasteiger partial charge in [-0.2, -0.15) is 4.31 Å². The first-order chi connectivity index (χ1) is 15.2. The molecule has 1 atom stereocenters. The second kappa shape index (κ2) is 10.5. The Labute approximate surface area is 194 Å². The molecule has 0 aromatic heterocycles. The summed E-state index contributed by atoms with van der Waals surface area (Å²) >= 11 is 6.04. The summed E-state index contributed by atoms with van der Waals surface area (Å²) in [6.07, 6.45) is 0.194. The molecule has 2 amide bonds. The number of sulfonamides is 1. The number of hydrogen-bond donors (Lipinski definition) is 0. The molecule has 1 aliphatic heterocycles. The van der Waals surface area contributed by atoms with Gasteiger partial charge in [-0.15, -0.1) is 0 Å². The normalized spacial score (nSPS) is 15.9. The highest BCUT2D eigenvalue weighted by atomic mass is 35.5. The molecule has 0 bridgehead atoms. The van der Waals surface area contributed by atoms with Crippen molar-refractivity contribution in [2.24, 2.45) is 0 Å². The van der Waals surface area contributed by atoms with E-state index in [-0.39, 0.29) is 48.7 Å². The standard InChI is InChI=1S/C23H28ClN3O4S/c1-18(19-7-6-8-20(24)17-19)25(2)22(28)11-12-23(29)26-13-15-27(16-14-26)32(30,31)21-9-4-3-5-10-21/h3-10,17-18H,11-16H2,1-2H3. The molecule has 2 aromatic carbocycles. The van der Waals surface area contributed by atoms with Crippen LogP contribution in [0, 0.1) is 0 Å². The molecule has 1 unspecified atom stereocenters. The minimum atomic E-state index is -3.56. The number of carbonyl (C=O) groups excluding carboxylic acids is 2. The molecule has 172 valence electrons. The molecule has 0 radical (unpaired) electrons. The Morgan fingerprint density at radius 2 is 1.66 bits per heavy atom. The minimum Gasteiger partial charge on any atom is -0.340 e. The summed E-state index contributed by atoms with van der Waals surface area (Å²) in [6.45, 7) is 3.02. The zero-order chi connectivity index (χ0) is 23.3. The molecule has 9 heteroatoms. The predicted octanol–water partition coefficient (Wildman–Crippen LogP) is 3.17. The Bertz CT molecular complexity index is 1050. The fraction of sp³-hybridized carbons (Fsp3) is 0.391. The SMILES string of the molecule is CC(c1cccc(Cl)c1)N(C)C(=O)CCC(=O)N1CCN(S(=O)(=O)c2ccccc2)CC1. The molecular weight excluding hydrogens is 450 g/mol. The summed E-state index contributed by atoms with van der Waals surface area (Å²) in [5.74, 6) is -0.268. The molecule has 32 heavy (non-hydrogen) atoms. The van der Waals surface area contributed by atoms with Gasteiger partial charge < -0.3 is 9.80 Å². The molecule has 0 saturated carbocycles. The number of nitrogens with zero attached hydrogens (tertiary/aromatic N) is 3. The fourth-order valence-electron chi connectivity index (χ4n) is 3.67. The van der Waals surface area contributed by atoms with Crippen LogP contribution in [0.3, 0.4) is 0 Å². The highest BCUT2D eigenvalue weighted by molar-refractivity contribution is 7.89. The predicted molar refractivity (Wildman–Crippen MR) is 124 cm³/mol. The van der Waals surface area contributed by atoms with Gasteiger partial charge in [-0.1, -0.05) is 41.9 Å². The number of piperazine rings is 1. The van der Waals surface area contributed by atoms with Gasteiger partial charge in [0.25, 0.3) is 0 Å². The highest BCUT2D eigenvalue weighted by Gasteiger charge is 2.30. The van der Waals surface area contributed by atoms with Crippen molar-refractivity contribution in [2.45, 2.75) is 30.7 Å². The lowest BCUT2D eigenvalue weighted by Gasteiger charge is -2.34. The Morgan fingerprint density at radius 1 is 1.00 bits per heavy atom. The second-order valence-corrected chi connectivity index (χ2v) is 10.2. The van der Waals surface area contributed by atoms with E-state index >= 15 is 0 Å². The fourth-order valence-corrected chi connectivity index (χ4v) is 5.32. The van der Waals surface area contributed by atoms with Crippen molar-refractivity contribution < 1.29 is 18.0 Å². The Kier molecular flexibility index (Phi) is 7.92. The van der Waals surface area contributed by atoms with E-state index in [1.165, 1.54) is 4.31 Å². The molecule has 0 aliphatic carbocycles. The smallest absolute Gasteiger partial charge is 0.243 e. The van der Waals surface area contributed by atoms with Crippen LogP contribution in [0.4, 0.5) is 0 Å². The van der Waals surface area contributed by atoms with Crippen molar-refractivity contribution in [3.05, 3.63) is 65.2 Å².